The average molecular weight is 359 g/mol. The van der Waals surface area contributed by atoms with Gasteiger partial charge in [0, 0.05) is 30.9 Å². The predicted octanol–water partition coefficient (Wildman–Crippen LogP) is 5.89. The van der Waals surface area contributed by atoms with Crippen LogP contribution in [0.25, 0.3) is 10.4 Å². The zero-order chi connectivity index (χ0) is 13.8. The number of thiophene rings is 1. The van der Waals surface area contributed by atoms with Crippen LogP contribution in [0.4, 0.5) is 0 Å². The molecule has 1 unspecified atom stereocenters. The van der Waals surface area contributed by atoms with E-state index >= 15 is 0 Å². The van der Waals surface area contributed by atoms with E-state index in [1.807, 2.05) is 30.5 Å². The highest BCUT2D eigenvalue weighted by molar-refractivity contribution is 9.10. The minimum atomic E-state index is 0.440. The molecule has 1 atom stereocenters. The fourth-order valence-electron chi connectivity index (χ4n) is 2.09. The standard InChI is InChI=1S/C15H17BrClNS/c1-3-4-13(18-2)15-8-7-14(19-15)11-9-10(16)5-6-12(11)17/h5-9,13,18H,3-4H2,1-2H3. The highest BCUT2D eigenvalue weighted by Crippen LogP contribution is 2.37. The topological polar surface area (TPSA) is 12.0 Å². The van der Waals surface area contributed by atoms with Crippen LogP contribution in [-0.2, 0) is 0 Å². The Morgan fingerprint density at radius 1 is 1.32 bits per heavy atom. The third-order valence-corrected chi connectivity index (χ3v) is 5.14. The first-order valence-electron chi connectivity index (χ1n) is 6.38. The lowest BCUT2D eigenvalue weighted by Crippen LogP contribution is -2.14. The SMILES string of the molecule is CCCC(NC)c1ccc(-c2cc(Br)ccc2Cl)s1. The van der Waals surface area contributed by atoms with Gasteiger partial charge in [0.25, 0.3) is 0 Å². The molecule has 102 valence electrons. The summed E-state index contributed by atoms with van der Waals surface area (Å²) in [5, 5.41) is 4.18. The monoisotopic (exact) mass is 357 g/mol. The summed E-state index contributed by atoms with van der Waals surface area (Å²) in [6.07, 6.45) is 2.33. The Morgan fingerprint density at radius 2 is 2.11 bits per heavy atom. The van der Waals surface area contributed by atoms with Crippen molar-refractivity contribution in [2.75, 3.05) is 7.05 Å². The lowest BCUT2D eigenvalue weighted by molar-refractivity contribution is 0.550. The minimum Gasteiger partial charge on any atom is -0.312 e. The molecule has 0 aliphatic heterocycles. The number of halogens is 2. The number of benzene rings is 1. The zero-order valence-corrected chi connectivity index (χ0v) is 14.2. The summed E-state index contributed by atoms with van der Waals surface area (Å²) < 4.78 is 1.06. The molecule has 4 heteroatoms. The van der Waals surface area contributed by atoms with Crippen molar-refractivity contribution in [3.05, 3.63) is 44.7 Å². The van der Waals surface area contributed by atoms with E-state index < -0.39 is 0 Å². The van der Waals surface area contributed by atoms with Gasteiger partial charge in [-0.2, -0.15) is 0 Å². The molecule has 1 N–H and O–H groups in total. The quantitative estimate of drug-likeness (QED) is 0.702. The van der Waals surface area contributed by atoms with Crippen molar-refractivity contribution in [1.29, 1.82) is 0 Å². The van der Waals surface area contributed by atoms with Gasteiger partial charge in [-0.25, -0.2) is 0 Å². The molecule has 0 spiro atoms. The van der Waals surface area contributed by atoms with E-state index in [1.165, 1.54) is 16.2 Å². The van der Waals surface area contributed by atoms with E-state index in [-0.39, 0.29) is 0 Å². The second-order valence-corrected chi connectivity index (χ2v) is 6.89. The molecule has 0 bridgehead atoms. The molecule has 1 nitrogen and oxygen atoms in total. The first kappa shape index (κ1) is 15.0. The van der Waals surface area contributed by atoms with Gasteiger partial charge in [0.2, 0.25) is 0 Å². The lowest BCUT2D eigenvalue weighted by atomic mass is 10.1. The van der Waals surface area contributed by atoms with Crippen molar-refractivity contribution in [2.45, 2.75) is 25.8 Å². The molecule has 0 aliphatic rings. The fourth-order valence-corrected chi connectivity index (χ4v) is 3.91. The van der Waals surface area contributed by atoms with Gasteiger partial charge >= 0.3 is 0 Å². The van der Waals surface area contributed by atoms with E-state index in [0.29, 0.717) is 6.04 Å². The highest BCUT2D eigenvalue weighted by atomic mass is 79.9. The molecular formula is C15H17BrClNS. The van der Waals surface area contributed by atoms with Gasteiger partial charge in [0.1, 0.15) is 0 Å². The van der Waals surface area contributed by atoms with E-state index in [2.05, 4.69) is 46.4 Å². The van der Waals surface area contributed by atoms with E-state index in [4.69, 9.17) is 11.6 Å². The van der Waals surface area contributed by atoms with Crippen LogP contribution in [0.5, 0.6) is 0 Å². The van der Waals surface area contributed by atoms with Crippen molar-refractivity contribution in [3.63, 3.8) is 0 Å². The van der Waals surface area contributed by atoms with Gasteiger partial charge in [0.05, 0.1) is 0 Å². The van der Waals surface area contributed by atoms with Crippen molar-refractivity contribution in [1.82, 2.24) is 5.32 Å². The second-order valence-electron chi connectivity index (χ2n) is 4.46. The molecule has 1 aromatic carbocycles. The van der Waals surface area contributed by atoms with Crippen LogP contribution in [0.2, 0.25) is 5.02 Å². The molecule has 1 aromatic heterocycles. The molecule has 0 fully saturated rings. The van der Waals surface area contributed by atoms with Crippen molar-refractivity contribution >= 4 is 38.9 Å². The third kappa shape index (κ3) is 3.60. The zero-order valence-electron chi connectivity index (χ0n) is 11.0. The van der Waals surface area contributed by atoms with Crippen LogP contribution in [0.3, 0.4) is 0 Å². The molecular weight excluding hydrogens is 342 g/mol. The first-order valence-corrected chi connectivity index (χ1v) is 8.37. The van der Waals surface area contributed by atoms with E-state index in [9.17, 15) is 0 Å². The Kier molecular flexibility index (Phi) is 5.46. The molecule has 2 aromatic rings. The van der Waals surface area contributed by atoms with Crippen LogP contribution in [0.1, 0.15) is 30.7 Å². The maximum atomic E-state index is 6.28. The normalized spacial score (nSPS) is 12.6. The Labute approximate surface area is 132 Å². The van der Waals surface area contributed by atoms with E-state index in [0.717, 1.165) is 21.5 Å². The van der Waals surface area contributed by atoms with Gasteiger partial charge in [-0.1, -0.05) is 40.9 Å². The fraction of sp³-hybridized carbons (Fsp3) is 0.333. The summed E-state index contributed by atoms with van der Waals surface area (Å²) in [5.41, 5.74) is 1.10. The molecule has 0 amide bonds. The van der Waals surface area contributed by atoms with Crippen LogP contribution in [0, 0.1) is 0 Å². The summed E-state index contributed by atoms with van der Waals surface area (Å²) in [5.74, 6) is 0. The molecule has 0 saturated carbocycles. The van der Waals surface area contributed by atoms with Crippen LogP contribution in [0.15, 0.2) is 34.8 Å². The first-order chi connectivity index (χ1) is 9.15. The molecule has 0 saturated heterocycles. The summed E-state index contributed by atoms with van der Waals surface area (Å²) in [6, 6.07) is 10.8. The Bertz CT molecular complexity index is 553. The highest BCUT2D eigenvalue weighted by Gasteiger charge is 2.13. The van der Waals surface area contributed by atoms with Gasteiger partial charge in [-0.05, 0) is 43.8 Å². The van der Waals surface area contributed by atoms with Crippen LogP contribution < -0.4 is 5.32 Å². The third-order valence-electron chi connectivity index (χ3n) is 3.09. The van der Waals surface area contributed by atoms with Gasteiger partial charge in [0.15, 0.2) is 0 Å². The summed E-state index contributed by atoms with van der Waals surface area (Å²) in [7, 11) is 2.02. The Balaban J connectivity index is 2.32. The second kappa shape index (κ2) is 6.89. The van der Waals surface area contributed by atoms with Crippen LogP contribution in [-0.4, -0.2) is 7.05 Å². The van der Waals surface area contributed by atoms with Gasteiger partial charge in [-0.15, -0.1) is 11.3 Å². The van der Waals surface area contributed by atoms with Gasteiger partial charge < -0.3 is 5.32 Å². The number of hydrogen-bond donors (Lipinski definition) is 1. The van der Waals surface area contributed by atoms with Gasteiger partial charge in [-0.3, -0.25) is 0 Å². The Hall–Kier alpha value is -0.350. The number of hydrogen-bond acceptors (Lipinski definition) is 2. The predicted molar refractivity (Wildman–Crippen MR) is 89.2 cm³/mol. The van der Waals surface area contributed by atoms with Crippen molar-refractivity contribution < 1.29 is 0 Å². The molecule has 2 rings (SSSR count). The average Bonchev–Trinajstić information content (AvgIpc) is 2.88. The van der Waals surface area contributed by atoms with Crippen LogP contribution >= 0.6 is 38.9 Å². The van der Waals surface area contributed by atoms with Crippen molar-refractivity contribution in [2.24, 2.45) is 0 Å². The lowest BCUT2D eigenvalue weighted by Gasteiger charge is -2.12. The maximum Gasteiger partial charge on any atom is 0.0493 e. The van der Waals surface area contributed by atoms with Crippen molar-refractivity contribution in [3.8, 4) is 10.4 Å². The number of nitrogens with one attached hydrogen (secondary N) is 1. The minimum absolute atomic E-state index is 0.440. The summed E-state index contributed by atoms with van der Waals surface area (Å²) in [4.78, 5) is 2.59. The Morgan fingerprint density at radius 3 is 2.79 bits per heavy atom. The smallest absolute Gasteiger partial charge is 0.0493 e. The maximum absolute atomic E-state index is 6.28. The molecule has 0 radical (unpaired) electrons. The molecule has 19 heavy (non-hydrogen) atoms. The van der Waals surface area contributed by atoms with E-state index in [1.54, 1.807) is 0 Å². The summed E-state index contributed by atoms with van der Waals surface area (Å²) in [6.45, 7) is 2.21. The molecule has 1 heterocycles. The molecule has 0 aliphatic carbocycles. The number of rotatable bonds is 5. The largest absolute Gasteiger partial charge is 0.312 e. The summed E-state index contributed by atoms with van der Waals surface area (Å²) >= 11 is 11.6.